The first kappa shape index (κ1) is 32.1. The number of rotatable bonds is 9. The molecule has 3 saturated carbocycles. The first-order valence-corrected chi connectivity index (χ1v) is 18.3. The standard InChI is InChI=1S/C38H47N3O5S/c1-24-18-29(14-17-34(24)45-2)26-8-6-25(7-9-26)21-41(31-5-3-4-30(19-31)35-20-39-36(47-35)27-10-11-27)37(43)28-12-15-33(16-13-28)46-38(44)40-22-32(42)23-40/h3-5,14,17-20,25-28,32-33,42H,6-13,15-16,21-23H2,1-2H3. The second-order valence-electron chi connectivity index (χ2n) is 14.2. The van der Waals surface area contributed by atoms with Gasteiger partial charge in [0, 0.05) is 30.3 Å². The lowest BCUT2D eigenvalue weighted by Crippen LogP contribution is -2.54. The number of aliphatic hydroxyl groups is 1. The molecule has 9 heteroatoms. The molecular weight excluding hydrogens is 611 g/mol. The van der Waals surface area contributed by atoms with Crippen molar-refractivity contribution in [3.8, 4) is 16.2 Å². The van der Waals surface area contributed by atoms with Gasteiger partial charge in [0.1, 0.15) is 11.9 Å². The van der Waals surface area contributed by atoms with E-state index in [2.05, 4.69) is 54.3 Å². The van der Waals surface area contributed by atoms with Crippen LogP contribution in [0.4, 0.5) is 10.5 Å². The average molecular weight is 658 g/mol. The summed E-state index contributed by atoms with van der Waals surface area (Å²) in [5.41, 5.74) is 4.65. The molecule has 0 radical (unpaired) electrons. The first-order valence-electron chi connectivity index (χ1n) is 17.5. The summed E-state index contributed by atoms with van der Waals surface area (Å²) in [7, 11) is 1.72. The maximum absolute atomic E-state index is 14.4. The number of hydrogen-bond donors (Lipinski definition) is 1. The van der Waals surface area contributed by atoms with Crippen LogP contribution < -0.4 is 9.64 Å². The van der Waals surface area contributed by atoms with Crippen molar-refractivity contribution in [2.45, 2.75) is 95.2 Å². The van der Waals surface area contributed by atoms with Crippen molar-refractivity contribution in [2.24, 2.45) is 11.8 Å². The molecule has 2 heterocycles. The molecule has 0 atom stereocenters. The Balaban J connectivity index is 1.04. The molecule has 0 unspecified atom stereocenters. The normalized spacial score (nSPS) is 24.8. The molecule has 0 bridgehead atoms. The largest absolute Gasteiger partial charge is 0.496 e. The minimum atomic E-state index is -0.446. The van der Waals surface area contributed by atoms with E-state index in [0.717, 1.165) is 54.1 Å². The Morgan fingerprint density at radius 1 is 0.957 bits per heavy atom. The third-order valence-electron chi connectivity index (χ3n) is 10.7. The number of carbonyl (C=O) groups is 2. The number of aryl methyl sites for hydroxylation is 1. The predicted molar refractivity (Wildman–Crippen MR) is 184 cm³/mol. The number of carbonyl (C=O) groups excluding carboxylic acids is 2. The second kappa shape index (κ2) is 14.0. The van der Waals surface area contributed by atoms with Gasteiger partial charge in [-0.15, -0.1) is 11.3 Å². The molecule has 2 amide bonds. The van der Waals surface area contributed by atoms with Gasteiger partial charge in [-0.1, -0.05) is 24.3 Å². The summed E-state index contributed by atoms with van der Waals surface area (Å²) in [4.78, 5) is 36.3. The van der Waals surface area contributed by atoms with Crippen LogP contribution in [-0.2, 0) is 9.53 Å². The molecule has 0 spiro atoms. The Bertz CT molecular complexity index is 1560. The van der Waals surface area contributed by atoms with Crippen molar-refractivity contribution < 1.29 is 24.2 Å². The summed E-state index contributed by atoms with van der Waals surface area (Å²) in [5, 5.41) is 10.8. The lowest BCUT2D eigenvalue weighted by atomic mass is 9.78. The van der Waals surface area contributed by atoms with E-state index in [0.29, 0.717) is 56.5 Å². The molecule has 1 N–H and O–H groups in total. The molecule has 47 heavy (non-hydrogen) atoms. The van der Waals surface area contributed by atoms with Crippen LogP contribution in [0.1, 0.15) is 92.2 Å². The monoisotopic (exact) mass is 657 g/mol. The maximum Gasteiger partial charge on any atom is 0.410 e. The highest BCUT2D eigenvalue weighted by atomic mass is 32.1. The molecule has 3 aliphatic carbocycles. The minimum absolute atomic E-state index is 0.0945. The van der Waals surface area contributed by atoms with E-state index < -0.39 is 6.10 Å². The van der Waals surface area contributed by atoms with Gasteiger partial charge in [0.05, 0.1) is 36.2 Å². The van der Waals surface area contributed by atoms with Crippen LogP contribution in [0.5, 0.6) is 5.75 Å². The van der Waals surface area contributed by atoms with Gasteiger partial charge in [-0.25, -0.2) is 9.78 Å². The number of anilines is 1. The summed E-state index contributed by atoms with van der Waals surface area (Å²) in [5.74, 6) is 2.62. The van der Waals surface area contributed by atoms with E-state index in [1.165, 1.54) is 33.9 Å². The zero-order valence-corrected chi connectivity index (χ0v) is 28.4. The van der Waals surface area contributed by atoms with Crippen LogP contribution in [0.25, 0.3) is 10.4 Å². The fourth-order valence-electron chi connectivity index (χ4n) is 7.65. The van der Waals surface area contributed by atoms with Gasteiger partial charge in [0.15, 0.2) is 0 Å². The lowest BCUT2D eigenvalue weighted by Gasteiger charge is -2.38. The number of methoxy groups -OCH3 is 1. The van der Waals surface area contributed by atoms with E-state index in [-0.39, 0.29) is 24.0 Å². The van der Waals surface area contributed by atoms with Gasteiger partial charge in [0.2, 0.25) is 5.91 Å². The minimum Gasteiger partial charge on any atom is -0.496 e. The van der Waals surface area contributed by atoms with E-state index in [9.17, 15) is 14.7 Å². The first-order chi connectivity index (χ1) is 22.8. The van der Waals surface area contributed by atoms with Gasteiger partial charge in [-0.2, -0.15) is 0 Å². The van der Waals surface area contributed by atoms with Crippen LogP contribution in [0.3, 0.4) is 0 Å². The topological polar surface area (TPSA) is 92.2 Å². The fourth-order valence-corrected chi connectivity index (χ4v) is 8.73. The van der Waals surface area contributed by atoms with Crippen LogP contribution in [0, 0.1) is 18.8 Å². The highest BCUT2D eigenvalue weighted by molar-refractivity contribution is 7.15. The number of aromatic nitrogens is 1. The maximum atomic E-state index is 14.4. The highest BCUT2D eigenvalue weighted by Crippen LogP contribution is 2.44. The van der Waals surface area contributed by atoms with Crippen LogP contribution in [0.2, 0.25) is 0 Å². The number of hydrogen-bond acceptors (Lipinski definition) is 7. The third kappa shape index (κ3) is 7.36. The molecule has 4 aliphatic rings. The Kier molecular flexibility index (Phi) is 9.55. The van der Waals surface area contributed by atoms with Gasteiger partial charge in [-0.3, -0.25) is 4.79 Å². The second-order valence-corrected chi connectivity index (χ2v) is 15.3. The predicted octanol–water partition coefficient (Wildman–Crippen LogP) is 7.68. The van der Waals surface area contributed by atoms with E-state index >= 15 is 0 Å². The Morgan fingerprint density at radius 3 is 2.38 bits per heavy atom. The third-order valence-corrected chi connectivity index (χ3v) is 12.0. The van der Waals surface area contributed by atoms with Crippen LogP contribution in [-0.4, -0.2) is 65.9 Å². The summed E-state index contributed by atoms with van der Waals surface area (Å²) in [6, 6.07) is 15.1. The van der Waals surface area contributed by atoms with Crippen molar-refractivity contribution >= 4 is 29.0 Å². The van der Waals surface area contributed by atoms with Crippen LogP contribution >= 0.6 is 11.3 Å². The lowest BCUT2D eigenvalue weighted by molar-refractivity contribution is -0.124. The van der Waals surface area contributed by atoms with Crippen molar-refractivity contribution in [2.75, 3.05) is 31.6 Å². The van der Waals surface area contributed by atoms with Gasteiger partial charge >= 0.3 is 6.09 Å². The van der Waals surface area contributed by atoms with Gasteiger partial charge in [-0.05, 0) is 118 Å². The van der Waals surface area contributed by atoms with Gasteiger partial charge < -0.3 is 24.4 Å². The molecule has 1 aliphatic heterocycles. The molecule has 7 rings (SSSR count). The summed E-state index contributed by atoms with van der Waals surface area (Å²) in [6.07, 6.45) is 10.7. The van der Waals surface area contributed by atoms with E-state index in [4.69, 9.17) is 14.5 Å². The number of amides is 2. The number of thiazole rings is 1. The quantitative estimate of drug-likeness (QED) is 0.254. The number of likely N-dealkylation sites (tertiary alicyclic amines) is 1. The Labute approximate surface area is 282 Å². The molecule has 2 aromatic carbocycles. The molecule has 8 nitrogen and oxygen atoms in total. The van der Waals surface area contributed by atoms with Gasteiger partial charge in [0.25, 0.3) is 0 Å². The summed E-state index contributed by atoms with van der Waals surface area (Å²) in [6.45, 7) is 3.51. The van der Waals surface area contributed by atoms with Crippen molar-refractivity contribution in [3.63, 3.8) is 0 Å². The number of benzene rings is 2. The zero-order chi connectivity index (χ0) is 32.5. The number of nitrogens with zero attached hydrogens (tertiary/aromatic N) is 3. The van der Waals surface area contributed by atoms with Crippen molar-refractivity contribution in [1.29, 1.82) is 0 Å². The SMILES string of the molecule is COc1ccc(C2CCC(CN(C(=O)C3CCC(OC(=O)N4CC(O)C4)CC3)c3cccc(-c4cnc(C5CC5)s4)c3)CC2)cc1C. The summed E-state index contributed by atoms with van der Waals surface area (Å²) < 4.78 is 11.2. The molecule has 1 saturated heterocycles. The van der Waals surface area contributed by atoms with Crippen molar-refractivity contribution in [1.82, 2.24) is 9.88 Å². The zero-order valence-electron chi connectivity index (χ0n) is 27.6. The smallest absolute Gasteiger partial charge is 0.410 e. The molecule has 3 aromatic rings. The Hall–Kier alpha value is -3.43. The molecule has 1 aromatic heterocycles. The molecule has 250 valence electrons. The number of ether oxygens (including phenoxy) is 2. The van der Waals surface area contributed by atoms with Crippen molar-refractivity contribution in [3.05, 3.63) is 64.8 Å². The van der Waals surface area contributed by atoms with E-state index in [1.54, 1.807) is 18.4 Å². The highest BCUT2D eigenvalue weighted by Gasteiger charge is 2.36. The number of β-amino-alcohol motifs (C(OH)–C–C–N with tert-alkyl or cyclic N) is 1. The average Bonchev–Trinajstić information content (AvgIpc) is 3.81. The summed E-state index contributed by atoms with van der Waals surface area (Å²) >= 11 is 1.78. The fraction of sp³-hybridized carbons (Fsp3) is 0.553. The molecular formula is C38H47N3O5S. The van der Waals surface area contributed by atoms with Crippen LogP contribution in [0.15, 0.2) is 48.7 Å². The Morgan fingerprint density at radius 2 is 1.70 bits per heavy atom. The number of aliphatic hydroxyl groups excluding tert-OH is 1. The van der Waals surface area contributed by atoms with E-state index in [1.807, 2.05) is 6.20 Å². The molecule has 4 fully saturated rings.